The third-order valence-electron chi connectivity index (χ3n) is 4.22. The monoisotopic (exact) mass is 385 g/mol. The van der Waals surface area contributed by atoms with Crippen LogP contribution in [-0.2, 0) is 6.54 Å². The van der Waals surface area contributed by atoms with E-state index in [9.17, 15) is 0 Å². The Morgan fingerprint density at radius 1 is 1.04 bits per heavy atom. The van der Waals surface area contributed by atoms with E-state index in [0.29, 0.717) is 0 Å². The van der Waals surface area contributed by atoms with E-state index >= 15 is 0 Å². The molecule has 1 aromatic heterocycles. The lowest BCUT2D eigenvalue weighted by molar-refractivity contribution is -0.687. The topological polar surface area (TPSA) is 20.8 Å². The molecule has 0 aliphatic heterocycles. The molecule has 4 heteroatoms. The number of anilines is 1. The third-order valence-corrected chi connectivity index (χ3v) is 4.22. The van der Waals surface area contributed by atoms with Crippen molar-refractivity contribution in [2.45, 2.75) is 27.3 Å². The van der Waals surface area contributed by atoms with Gasteiger partial charge in [0.25, 0.3) is 0 Å². The Kier molecular flexibility index (Phi) is 5.84. The molecule has 0 unspecified atom stereocenters. The first-order chi connectivity index (χ1) is 11.1. The molecule has 3 aromatic rings. The van der Waals surface area contributed by atoms with Crippen molar-refractivity contribution >= 4 is 5.69 Å². The number of hydrogen-bond donors (Lipinski definition) is 1. The zero-order chi connectivity index (χ0) is 16.4. The summed E-state index contributed by atoms with van der Waals surface area (Å²) in [5.74, 6) is 0. The van der Waals surface area contributed by atoms with Gasteiger partial charge in [0.2, 0.25) is 6.33 Å². The summed E-state index contributed by atoms with van der Waals surface area (Å²) in [6.07, 6.45) is 6.43. The van der Waals surface area contributed by atoms with Gasteiger partial charge in [0.1, 0.15) is 24.6 Å². The maximum Gasteiger partial charge on any atom is 0.249 e. The molecule has 24 heavy (non-hydrogen) atoms. The quantitative estimate of drug-likeness (QED) is 0.658. The first-order valence-electron chi connectivity index (χ1n) is 7.99. The second-order valence-corrected chi connectivity index (χ2v) is 6.15. The van der Waals surface area contributed by atoms with E-state index in [1.807, 2.05) is 7.05 Å². The average Bonchev–Trinajstić information content (AvgIpc) is 2.95. The minimum atomic E-state index is 0. The number of aromatic nitrogens is 2. The lowest BCUT2D eigenvalue weighted by Gasteiger charge is -2.08. The highest BCUT2D eigenvalue weighted by Gasteiger charge is 2.13. The molecule has 0 bridgehead atoms. The van der Waals surface area contributed by atoms with E-state index < -0.39 is 0 Å². The van der Waals surface area contributed by atoms with Gasteiger partial charge in [0.05, 0.1) is 0 Å². The highest BCUT2D eigenvalue weighted by atomic mass is 79.9. The molecule has 0 aliphatic carbocycles. The minimum absolute atomic E-state index is 0. The summed E-state index contributed by atoms with van der Waals surface area (Å²) >= 11 is 0. The first kappa shape index (κ1) is 18.3. The molecule has 0 radical (unpaired) electrons. The van der Waals surface area contributed by atoms with Crippen LogP contribution in [0, 0.1) is 20.8 Å². The molecule has 1 heterocycles. The third kappa shape index (κ3) is 3.70. The second kappa shape index (κ2) is 7.67. The molecule has 0 atom stereocenters. The SMILES string of the molecule is CNc1ccccc1C[n+]1ccn(-c2c(C)cc(C)cc2C)c1.[Br-]. The molecule has 0 fully saturated rings. The molecule has 0 spiro atoms. The first-order valence-corrected chi connectivity index (χ1v) is 7.99. The second-order valence-electron chi connectivity index (χ2n) is 6.15. The molecule has 3 nitrogen and oxygen atoms in total. The number of benzene rings is 2. The van der Waals surface area contributed by atoms with E-state index in [1.54, 1.807) is 0 Å². The predicted octanol–water partition coefficient (Wildman–Crippen LogP) is 0.784. The lowest BCUT2D eigenvalue weighted by atomic mass is 10.1. The normalized spacial score (nSPS) is 10.3. The Bertz CT molecular complexity index is 813. The van der Waals surface area contributed by atoms with Crippen molar-refractivity contribution in [1.29, 1.82) is 0 Å². The Morgan fingerprint density at radius 2 is 1.71 bits per heavy atom. The van der Waals surface area contributed by atoms with Crippen LogP contribution in [-0.4, -0.2) is 11.6 Å². The van der Waals surface area contributed by atoms with Crippen LogP contribution in [0.15, 0.2) is 55.1 Å². The van der Waals surface area contributed by atoms with Crippen molar-refractivity contribution in [2.24, 2.45) is 0 Å². The number of nitrogens with one attached hydrogen (secondary N) is 1. The number of hydrogen-bond acceptors (Lipinski definition) is 1. The molecule has 126 valence electrons. The standard InChI is InChI=1S/C20H24N3.BrH/c1-15-11-16(2)20(17(3)12-15)23-10-9-22(14-23)13-18-7-5-6-8-19(18)21-4;/h5-12,14,21H,13H2,1-4H3;1H/q+1;/p-1. The van der Waals surface area contributed by atoms with Gasteiger partial charge in [-0.25, -0.2) is 9.13 Å². The van der Waals surface area contributed by atoms with Crippen LogP contribution in [0.25, 0.3) is 5.69 Å². The molecular formula is C20H24BrN3. The van der Waals surface area contributed by atoms with Crippen LogP contribution in [0.5, 0.6) is 0 Å². The lowest BCUT2D eigenvalue weighted by Crippen LogP contribution is -3.00. The van der Waals surface area contributed by atoms with Crippen molar-refractivity contribution in [2.75, 3.05) is 12.4 Å². The summed E-state index contributed by atoms with van der Waals surface area (Å²) in [4.78, 5) is 0. The van der Waals surface area contributed by atoms with Gasteiger partial charge < -0.3 is 22.3 Å². The Morgan fingerprint density at radius 3 is 2.38 bits per heavy atom. The van der Waals surface area contributed by atoms with Crippen LogP contribution >= 0.6 is 0 Å². The Labute approximate surface area is 154 Å². The van der Waals surface area contributed by atoms with E-state index in [-0.39, 0.29) is 17.0 Å². The predicted molar refractivity (Wildman–Crippen MR) is 95.3 cm³/mol. The molecule has 2 aromatic carbocycles. The van der Waals surface area contributed by atoms with E-state index in [1.165, 1.54) is 33.6 Å². The number of para-hydroxylation sites is 1. The summed E-state index contributed by atoms with van der Waals surface area (Å²) in [5.41, 5.74) is 7.66. The van der Waals surface area contributed by atoms with Gasteiger partial charge in [-0.05, 0) is 38.0 Å². The van der Waals surface area contributed by atoms with Crippen LogP contribution < -0.4 is 26.9 Å². The number of imidazole rings is 1. The van der Waals surface area contributed by atoms with E-state index in [2.05, 4.69) is 90.3 Å². The molecule has 3 rings (SSSR count). The highest BCUT2D eigenvalue weighted by molar-refractivity contribution is 5.50. The zero-order valence-corrected chi connectivity index (χ0v) is 16.3. The van der Waals surface area contributed by atoms with E-state index in [4.69, 9.17) is 0 Å². The maximum atomic E-state index is 3.26. The number of halogens is 1. The van der Waals surface area contributed by atoms with Gasteiger partial charge in [-0.15, -0.1) is 0 Å². The summed E-state index contributed by atoms with van der Waals surface area (Å²) in [6, 6.07) is 12.9. The van der Waals surface area contributed by atoms with Crippen molar-refractivity contribution in [3.8, 4) is 5.69 Å². The molecule has 0 saturated carbocycles. The van der Waals surface area contributed by atoms with Crippen molar-refractivity contribution in [3.05, 3.63) is 77.4 Å². The Hall–Kier alpha value is -2.07. The fraction of sp³-hybridized carbons (Fsp3) is 0.250. The summed E-state index contributed by atoms with van der Waals surface area (Å²) < 4.78 is 4.43. The molecule has 0 amide bonds. The van der Waals surface area contributed by atoms with Crippen molar-refractivity contribution in [3.63, 3.8) is 0 Å². The molecular weight excluding hydrogens is 362 g/mol. The van der Waals surface area contributed by atoms with Crippen LogP contribution in [0.3, 0.4) is 0 Å². The highest BCUT2D eigenvalue weighted by Crippen LogP contribution is 2.20. The fourth-order valence-electron chi connectivity index (χ4n) is 3.30. The molecule has 0 aliphatic rings. The summed E-state index contributed by atoms with van der Waals surface area (Å²) in [5, 5.41) is 3.26. The van der Waals surface area contributed by atoms with Crippen molar-refractivity contribution < 1.29 is 21.5 Å². The minimum Gasteiger partial charge on any atom is -1.00 e. The van der Waals surface area contributed by atoms with Gasteiger partial charge in [-0.3, -0.25) is 0 Å². The van der Waals surface area contributed by atoms with Gasteiger partial charge in [-0.2, -0.15) is 0 Å². The van der Waals surface area contributed by atoms with Gasteiger partial charge >= 0.3 is 0 Å². The number of rotatable bonds is 4. The van der Waals surface area contributed by atoms with Gasteiger partial charge in [-0.1, -0.05) is 35.9 Å². The Balaban J connectivity index is 0.00000208. The van der Waals surface area contributed by atoms with Crippen molar-refractivity contribution in [1.82, 2.24) is 4.57 Å². The largest absolute Gasteiger partial charge is 1.00 e. The fourth-order valence-corrected chi connectivity index (χ4v) is 3.30. The van der Waals surface area contributed by atoms with Crippen LogP contribution in [0.4, 0.5) is 5.69 Å². The zero-order valence-electron chi connectivity index (χ0n) is 14.7. The van der Waals surface area contributed by atoms with Crippen LogP contribution in [0.1, 0.15) is 22.3 Å². The smallest absolute Gasteiger partial charge is 0.249 e. The van der Waals surface area contributed by atoms with Gasteiger partial charge in [0, 0.05) is 18.3 Å². The summed E-state index contributed by atoms with van der Waals surface area (Å²) in [6.45, 7) is 7.36. The van der Waals surface area contributed by atoms with Crippen LogP contribution in [0.2, 0.25) is 0 Å². The van der Waals surface area contributed by atoms with Gasteiger partial charge in [0.15, 0.2) is 0 Å². The average molecular weight is 386 g/mol. The molecule has 1 N–H and O–H groups in total. The molecule has 0 saturated heterocycles. The number of nitrogens with zero attached hydrogens (tertiary/aromatic N) is 2. The van der Waals surface area contributed by atoms with E-state index in [0.717, 1.165) is 6.54 Å². The maximum absolute atomic E-state index is 3.26. The summed E-state index contributed by atoms with van der Waals surface area (Å²) in [7, 11) is 1.97. The number of aryl methyl sites for hydroxylation is 3.